The Morgan fingerprint density at radius 3 is 2.75 bits per heavy atom. The standard InChI is InChI=1S/C7H10N2O2S/c1-12-6-9-8-5(11-6)7(4-10)2-3-7/h10H,2-4H2,1H3. The third-order valence-corrected chi connectivity index (χ3v) is 2.71. The minimum Gasteiger partial charge on any atom is -0.415 e. The third kappa shape index (κ3) is 1.13. The van der Waals surface area contributed by atoms with Gasteiger partial charge in [-0.15, -0.1) is 10.2 Å². The third-order valence-electron chi connectivity index (χ3n) is 2.19. The molecule has 2 rings (SSSR count). The summed E-state index contributed by atoms with van der Waals surface area (Å²) in [6.07, 6.45) is 3.80. The summed E-state index contributed by atoms with van der Waals surface area (Å²) in [6, 6.07) is 0. The van der Waals surface area contributed by atoms with Gasteiger partial charge in [-0.05, 0) is 19.1 Å². The van der Waals surface area contributed by atoms with Crippen LogP contribution in [0.5, 0.6) is 0 Å². The molecule has 0 aliphatic heterocycles. The van der Waals surface area contributed by atoms with Crippen molar-refractivity contribution in [1.82, 2.24) is 10.2 Å². The summed E-state index contributed by atoms with van der Waals surface area (Å²) in [4.78, 5) is 0. The van der Waals surface area contributed by atoms with Crippen LogP contribution in [0.3, 0.4) is 0 Å². The van der Waals surface area contributed by atoms with E-state index in [1.54, 1.807) is 0 Å². The van der Waals surface area contributed by atoms with Crippen molar-refractivity contribution in [2.45, 2.75) is 23.5 Å². The van der Waals surface area contributed by atoms with E-state index in [1.165, 1.54) is 11.8 Å². The summed E-state index contributed by atoms with van der Waals surface area (Å²) >= 11 is 1.42. The molecule has 1 aromatic rings. The Morgan fingerprint density at radius 2 is 2.33 bits per heavy atom. The van der Waals surface area contributed by atoms with Crippen LogP contribution in [0.2, 0.25) is 0 Å². The molecular formula is C7H10N2O2S. The Hall–Kier alpha value is -0.550. The predicted octanol–water partition coefficient (Wildman–Crippen LogP) is 0.815. The Balaban J connectivity index is 2.23. The van der Waals surface area contributed by atoms with Crippen molar-refractivity contribution < 1.29 is 9.52 Å². The maximum atomic E-state index is 9.06. The van der Waals surface area contributed by atoms with Gasteiger partial charge in [0, 0.05) is 0 Å². The molecule has 1 aliphatic carbocycles. The number of rotatable bonds is 3. The lowest BCUT2D eigenvalue weighted by molar-refractivity contribution is 0.227. The SMILES string of the molecule is CSc1nnc(C2(CO)CC2)o1. The van der Waals surface area contributed by atoms with Gasteiger partial charge in [-0.2, -0.15) is 0 Å². The first-order valence-electron chi connectivity index (χ1n) is 3.79. The van der Waals surface area contributed by atoms with Crippen molar-refractivity contribution in [3.63, 3.8) is 0 Å². The van der Waals surface area contributed by atoms with Crippen LogP contribution in [0.25, 0.3) is 0 Å². The predicted molar refractivity (Wildman–Crippen MR) is 44.1 cm³/mol. The van der Waals surface area contributed by atoms with Crippen LogP contribution in [-0.4, -0.2) is 28.2 Å². The molecule has 12 heavy (non-hydrogen) atoms. The number of aliphatic hydroxyl groups is 1. The lowest BCUT2D eigenvalue weighted by Gasteiger charge is -2.02. The molecular weight excluding hydrogens is 176 g/mol. The van der Waals surface area contributed by atoms with E-state index in [0.29, 0.717) is 11.1 Å². The first kappa shape index (κ1) is 8.07. The monoisotopic (exact) mass is 186 g/mol. The highest BCUT2D eigenvalue weighted by Crippen LogP contribution is 2.47. The molecule has 4 nitrogen and oxygen atoms in total. The second-order valence-corrected chi connectivity index (χ2v) is 3.77. The van der Waals surface area contributed by atoms with E-state index in [-0.39, 0.29) is 12.0 Å². The van der Waals surface area contributed by atoms with Gasteiger partial charge < -0.3 is 9.52 Å². The smallest absolute Gasteiger partial charge is 0.276 e. The highest BCUT2D eigenvalue weighted by Gasteiger charge is 2.48. The van der Waals surface area contributed by atoms with Gasteiger partial charge in [0.05, 0.1) is 12.0 Å². The number of nitrogens with zero attached hydrogens (tertiary/aromatic N) is 2. The maximum Gasteiger partial charge on any atom is 0.276 e. The normalized spacial score (nSPS) is 19.5. The van der Waals surface area contributed by atoms with Gasteiger partial charge in [0.1, 0.15) is 0 Å². The molecule has 0 bridgehead atoms. The minimum atomic E-state index is -0.193. The molecule has 0 unspecified atom stereocenters. The summed E-state index contributed by atoms with van der Waals surface area (Å²) in [5.41, 5.74) is -0.193. The average Bonchev–Trinajstić information content (AvgIpc) is 2.77. The van der Waals surface area contributed by atoms with Crippen molar-refractivity contribution in [2.24, 2.45) is 0 Å². The highest BCUT2D eigenvalue weighted by molar-refractivity contribution is 7.98. The Morgan fingerprint density at radius 1 is 1.58 bits per heavy atom. The van der Waals surface area contributed by atoms with Gasteiger partial charge in [-0.25, -0.2) is 0 Å². The molecule has 0 aromatic carbocycles. The zero-order chi connectivity index (χ0) is 8.60. The molecule has 0 amide bonds. The summed E-state index contributed by atoms with van der Waals surface area (Å²) in [7, 11) is 0. The zero-order valence-electron chi connectivity index (χ0n) is 6.78. The fourth-order valence-corrected chi connectivity index (χ4v) is 1.38. The van der Waals surface area contributed by atoms with E-state index in [0.717, 1.165) is 12.8 Å². The molecule has 66 valence electrons. The van der Waals surface area contributed by atoms with Crippen molar-refractivity contribution in [3.8, 4) is 0 Å². The number of aromatic nitrogens is 2. The summed E-state index contributed by atoms with van der Waals surface area (Å²) in [5.74, 6) is 0.592. The van der Waals surface area contributed by atoms with E-state index in [2.05, 4.69) is 10.2 Å². The first-order chi connectivity index (χ1) is 5.80. The van der Waals surface area contributed by atoms with Gasteiger partial charge in [-0.3, -0.25) is 0 Å². The topological polar surface area (TPSA) is 59.2 Å². The van der Waals surface area contributed by atoms with Crippen molar-refractivity contribution in [1.29, 1.82) is 0 Å². The number of hydrogen-bond donors (Lipinski definition) is 1. The molecule has 1 aromatic heterocycles. The van der Waals surface area contributed by atoms with Gasteiger partial charge >= 0.3 is 0 Å². The summed E-state index contributed by atoms with van der Waals surface area (Å²) < 4.78 is 5.33. The van der Waals surface area contributed by atoms with Crippen LogP contribution < -0.4 is 0 Å². The van der Waals surface area contributed by atoms with Gasteiger partial charge in [0.2, 0.25) is 5.89 Å². The van der Waals surface area contributed by atoms with E-state index < -0.39 is 0 Å². The van der Waals surface area contributed by atoms with Crippen LogP contribution >= 0.6 is 11.8 Å². The van der Waals surface area contributed by atoms with Crippen molar-refractivity contribution in [2.75, 3.05) is 12.9 Å². The Labute approximate surface area is 74.4 Å². The molecule has 0 saturated heterocycles. The minimum absolute atomic E-state index is 0.114. The fourth-order valence-electron chi connectivity index (χ4n) is 1.10. The Bertz CT molecular complexity index is 283. The zero-order valence-corrected chi connectivity index (χ0v) is 7.60. The number of thioether (sulfide) groups is 1. The highest BCUT2D eigenvalue weighted by atomic mass is 32.2. The van der Waals surface area contributed by atoms with E-state index in [1.807, 2.05) is 6.26 Å². The molecule has 1 saturated carbocycles. The lowest BCUT2D eigenvalue weighted by atomic mass is 10.1. The quantitative estimate of drug-likeness (QED) is 0.708. The second-order valence-electron chi connectivity index (χ2n) is 3.02. The first-order valence-corrected chi connectivity index (χ1v) is 5.02. The number of hydrogen-bond acceptors (Lipinski definition) is 5. The summed E-state index contributed by atoms with van der Waals surface area (Å²) in [5, 5.41) is 17.3. The molecule has 0 atom stereocenters. The molecule has 0 radical (unpaired) electrons. The van der Waals surface area contributed by atoms with Crippen LogP contribution in [0.15, 0.2) is 9.64 Å². The van der Waals surface area contributed by atoms with Gasteiger partial charge in [0.25, 0.3) is 5.22 Å². The van der Waals surface area contributed by atoms with Crippen molar-refractivity contribution in [3.05, 3.63) is 5.89 Å². The van der Waals surface area contributed by atoms with Crippen LogP contribution in [0.4, 0.5) is 0 Å². The van der Waals surface area contributed by atoms with Crippen LogP contribution in [0.1, 0.15) is 18.7 Å². The molecule has 1 N–H and O–H groups in total. The maximum absolute atomic E-state index is 9.06. The van der Waals surface area contributed by atoms with E-state index in [4.69, 9.17) is 9.52 Å². The molecule has 1 aliphatic rings. The molecule has 1 fully saturated rings. The summed E-state index contributed by atoms with van der Waals surface area (Å²) in [6.45, 7) is 0.114. The van der Waals surface area contributed by atoms with E-state index >= 15 is 0 Å². The largest absolute Gasteiger partial charge is 0.415 e. The average molecular weight is 186 g/mol. The van der Waals surface area contributed by atoms with Crippen molar-refractivity contribution >= 4 is 11.8 Å². The van der Waals surface area contributed by atoms with E-state index in [9.17, 15) is 0 Å². The van der Waals surface area contributed by atoms with Crippen LogP contribution in [0, 0.1) is 0 Å². The lowest BCUT2D eigenvalue weighted by Crippen LogP contribution is -2.12. The fraction of sp³-hybridized carbons (Fsp3) is 0.714. The molecule has 1 heterocycles. The number of aliphatic hydroxyl groups excluding tert-OH is 1. The molecule has 5 heteroatoms. The van der Waals surface area contributed by atoms with Gasteiger partial charge in [-0.1, -0.05) is 11.8 Å². The second kappa shape index (κ2) is 2.74. The molecule has 0 spiro atoms. The van der Waals surface area contributed by atoms with Crippen LogP contribution in [-0.2, 0) is 5.41 Å². The van der Waals surface area contributed by atoms with Gasteiger partial charge in [0.15, 0.2) is 0 Å². The Kier molecular flexibility index (Phi) is 1.84.